The average molecular weight is 406 g/mol. The molecule has 4 nitrogen and oxygen atoms in total. The fourth-order valence-corrected chi connectivity index (χ4v) is 3.73. The zero-order valence-electron chi connectivity index (χ0n) is 11.7. The molecule has 1 amide bonds. The van der Waals surface area contributed by atoms with E-state index in [1.54, 1.807) is 12.0 Å². The summed E-state index contributed by atoms with van der Waals surface area (Å²) < 4.78 is 7.04. The monoisotopic (exact) mass is 404 g/mol. The third kappa shape index (κ3) is 3.18. The van der Waals surface area contributed by atoms with Crippen molar-refractivity contribution in [3.8, 4) is 5.75 Å². The topological polar surface area (TPSA) is 41.6 Å². The summed E-state index contributed by atoms with van der Waals surface area (Å²) in [6.45, 7) is 4.82. The van der Waals surface area contributed by atoms with Crippen LogP contribution in [0.25, 0.3) is 0 Å². The number of halogens is 2. The maximum atomic E-state index is 12.5. The highest BCUT2D eigenvalue weighted by Crippen LogP contribution is 2.38. The van der Waals surface area contributed by atoms with Crippen LogP contribution in [-0.4, -0.2) is 31.6 Å². The van der Waals surface area contributed by atoms with E-state index in [-0.39, 0.29) is 11.9 Å². The summed E-state index contributed by atoms with van der Waals surface area (Å²) in [5, 5.41) is 3.30. The number of nitrogens with one attached hydrogen (secondary N) is 1. The van der Waals surface area contributed by atoms with Crippen LogP contribution in [0.2, 0.25) is 0 Å². The molecular weight excluding hydrogens is 388 g/mol. The Hall–Kier alpha value is -0.590. The summed E-state index contributed by atoms with van der Waals surface area (Å²) >= 11 is 6.96. The zero-order valence-corrected chi connectivity index (χ0v) is 14.9. The Balaban J connectivity index is 2.27. The number of nitrogens with zero attached hydrogens (tertiary/aromatic N) is 1. The van der Waals surface area contributed by atoms with Crippen LogP contribution in [0.1, 0.15) is 20.3 Å². The number of hydrogen-bond donors (Lipinski definition) is 1. The fraction of sp³-hybridized carbons (Fsp3) is 0.500. The van der Waals surface area contributed by atoms with Crippen molar-refractivity contribution in [2.24, 2.45) is 0 Å². The molecule has 1 aliphatic heterocycles. The number of ether oxygens (including phenoxy) is 1. The Bertz CT molecular complexity index is 520. The highest BCUT2D eigenvalue weighted by molar-refractivity contribution is 9.11. The molecular formula is C14H18Br2N2O2. The molecule has 1 aliphatic rings. The van der Waals surface area contributed by atoms with Gasteiger partial charge in [-0.2, -0.15) is 0 Å². The van der Waals surface area contributed by atoms with E-state index >= 15 is 0 Å². The van der Waals surface area contributed by atoms with Crippen LogP contribution in [0.15, 0.2) is 21.1 Å². The standard InChI is InChI=1S/C14H18Br2N2O2/c1-8(2)17-11-4-5-18(14(11)19)12-7-13(20-3)10(16)6-9(12)15/h6-8,11,17H,4-5H2,1-3H3. The molecule has 0 aromatic heterocycles. The van der Waals surface area contributed by atoms with Crippen molar-refractivity contribution in [1.82, 2.24) is 5.32 Å². The lowest BCUT2D eigenvalue weighted by Crippen LogP contribution is -2.41. The van der Waals surface area contributed by atoms with Crippen LogP contribution in [0.4, 0.5) is 5.69 Å². The van der Waals surface area contributed by atoms with Crippen molar-refractivity contribution in [1.29, 1.82) is 0 Å². The van der Waals surface area contributed by atoms with Crippen molar-refractivity contribution in [3.05, 3.63) is 21.1 Å². The first kappa shape index (κ1) is 15.8. The molecule has 0 spiro atoms. The van der Waals surface area contributed by atoms with Gasteiger partial charge in [-0.1, -0.05) is 13.8 Å². The Morgan fingerprint density at radius 2 is 2.05 bits per heavy atom. The van der Waals surface area contributed by atoms with Gasteiger partial charge in [0, 0.05) is 23.1 Å². The van der Waals surface area contributed by atoms with Crippen molar-refractivity contribution >= 4 is 43.5 Å². The molecule has 1 aromatic rings. The number of carbonyl (C=O) groups excluding carboxylic acids is 1. The van der Waals surface area contributed by atoms with E-state index in [4.69, 9.17) is 4.74 Å². The summed E-state index contributed by atoms with van der Waals surface area (Å²) in [6, 6.07) is 3.98. The zero-order chi connectivity index (χ0) is 14.9. The average Bonchev–Trinajstić information content (AvgIpc) is 2.71. The number of hydrogen-bond acceptors (Lipinski definition) is 3. The normalized spacial score (nSPS) is 19.0. The van der Waals surface area contributed by atoms with Crippen LogP contribution >= 0.6 is 31.9 Å². The highest BCUT2D eigenvalue weighted by atomic mass is 79.9. The minimum Gasteiger partial charge on any atom is -0.495 e. The van der Waals surface area contributed by atoms with Crippen LogP contribution in [0, 0.1) is 0 Å². The quantitative estimate of drug-likeness (QED) is 0.835. The van der Waals surface area contributed by atoms with Gasteiger partial charge in [0.15, 0.2) is 0 Å². The summed E-state index contributed by atoms with van der Waals surface area (Å²) in [5.41, 5.74) is 0.850. The molecule has 6 heteroatoms. The van der Waals surface area contributed by atoms with Gasteiger partial charge in [0.05, 0.1) is 23.3 Å². The largest absolute Gasteiger partial charge is 0.495 e. The van der Waals surface area contributed by atoms with E-state index < -0.39 is 0 Å². The Kier molecular flexibility index (Phi) is 5.09. The fourth-order valence-electron chi connectivity index (χ4n) is 2.36. The first-order valence-electron chi connectivity index (χ1n) is 6.54. The van der Waals surface area contributed by atoms with Gasteiger partial charge in [0.1, 0.15) is 5.75 Å². The molecule has 2 rings (SSSR count). The summed E-state index contributed by atoms with van der Waals surface area (Å²) in [5.74, 6) is 0.833. The van der Waals surface area contributed by atoms with E-state index in [1.165, 1.54) is 0 Å². The molecule has 1 N–H and O–H groups in total. The van der Waals surface area contributed by atoms with Gasteiger partial charge in [0.2, 0.25) is 5.91 Å². The molecule has 0 aliphatic carbocycles. The van der Waals surface area contributed by atoms with E-state index in [0.29, 0.717) is 12.6 Å². The Labute approximate surface area is 136 Å². The Morgan fingerprint density at radius 1 is 1.35 bits per heavy atom. The predicted octanol–water partition coefficient (Wildman–Crippen LogP) is 3.32. The van der Waals surface area contributed by atoms with Crippen LogP contribution in [0.3, 0.4) is 0 Å². The van der Waals surface area contributed by atoms with E-state index in [1.807, 2.05) is 12.1 Å². The molecule has 20 heavy (non-hydrogen) atoms. The Morgan fingerprint density at radius 3 is 2.65 bits per heavy atom. The lowest BCUT2D eigenvalue weighted by Gasteiger charge is -2.21. The second-order valence-electron chi connectivity index (χ2n) is 5.09. The molecule has 110 valence electrons. The lowest BCUT2D eigenvalue weighted by atomic mass is 10.2. The smallest absolute Gasteiger partial charge is 0.244 e. The number of carbonyl (C=O) groups is 1. The molecule has 1 heterocycles. The van der Waals surface area contributed by atoms with E-state index in [2.05, 4.69) is 51.0 Å². The number of amides is 1. The third-order valence-corrected chi connectivity index (χ3v) is 4.51. The predicted molar refractivity (Wildman–Crippen MR) is 87.4 cm³/mol. The number of benzene rings is 1. The van der Waals surface area contributed by atoms with Crippen molar-refractivity contribution < 1.29 is 9.53 Å². The van der Waals surface area contributed by atoms with Crippen molar-refractivity contribution in [2.75, 3.05) is 18.6 Å². The van der Waals surface area contributed by atoms with Crippen LogP contribution in [0.5, 0.6) is 5.75 Å². The van der Waals surface area contributed by atoms with E-state index in [9.17, 15) is 4.79 Å². The summed E-state index contributed by atoms with van der Waals surface area (Å²) in [7, 11) is 1.62. The molecule has 0 saturated carbocycles. The van der Waals surface area contributed by atoms with Gasteiger partial charge < -0.3 is 15.0 Å². The van der Waals surface area contributed by atoms with Gasteiger partial charge in [-0.25, -0.2) is 0 Å². The second kappa shape index (κ2) is 6.45. The molecule has 1 fully saturated rings. The van der Waals surface area contributed by atoms with Crippen molar-refractivity contribution in [2.45, 2.75) is 32.4 Å². The maximum Gasteiger partial charge on any atom is 0.244 e. The number of rotatable bonds is 4. The van der Waals surface area contributed by atoms with Crippen LogP contribution < -0.4 is 15.0 Å². The minimum absolute atomic E-state index is 0.100. The summed E-state index contributed by atoms with van der Waals surface area (Å²) in [6.07, 6.45) is 0.821. The molecule has 0 bridgehead atoms. The van der Waals surface area contributed by atoms with Crippen LogP contribution in [-0.2, 0) is 4.79 Å². The molecule has 1 atom stereocenters. The van der Waals surface area contributed by atoms with Gasteiger partial charge in [-0.15, -0.1) is 0 Å². The maximum absolute atomic E-state index is 12.5. The van der Waals surface area contributed by atoms with Gasteiger partial charge in [-0.05, 0) is 44.3 Å². The van der Waals surface area contributed by atoms with Gasteiger partial charge >= 0.3 is 0 Å². The number of methoxy groups -OCH3 is 1. The third-order valence-electron chi connectivity index (χ3n) is 3.25. The first-order valence-corrected chi connectivity index (χ1v) is 8.13. The van der Waals surface area contributed by atoms with E-state index in [0.717, 1.165) is 26.8 Å². The molecule has 1 saturated heterocycles. The molecule has 0 radical (unpaired) electrons. The van der Waals surface area contributed by atoms with Crippen molar-refractivity contribution in [3.63, 3.8) is 0 Å². The summed E-state index contributed by atoms with van der Waals surface area (Å²) in [4.78, 5) is 14.3. The van der Waals surface area contributed by atoms with Gasteiger partial charge in [0.25, 0.3) is 0 Å². The minimum atomic E-state index is -0.100. The first-order chi connectivity index (χ1) is 9.43. The molecule has 1 unspecified atom stereocenters. The molecule has 1 aromatic carbocycles. The second-order valence-corrected chi connectivity index (χ2v) is 6.80. The number of anilines is 1. The highest BCUT2D eigenvalue weighted by Gasteiger charge is 2.33. The van der Waals surface area contributed by atoms with Gasteiger partial charge in [-0.3, -0.25) is 4.79 Å². The lowest BCUT2D eigenvalue weighted by molar-refractivity contribution is -0.118. The SMILES string of the molecule is COc1cc(N2CCC(NC(C)C)C2=O)c(Br)cc1Br.